The molecule has 3 fully saturated rings. The van der Waals surface area contributed by atoms with Gasteiger partial charge in [0.1, 0.15) is 18.2 Å². The molecule has 2 aromatic rings. The molecule has 5 rings (SSSR count). The molecule has 36 heavy (non-hydrogen) atoms. The topological polar surface area (TPSA) is 108 Å². The van der Waals surface area contributed by atoms with Crippen LogP contribution >= 0.6 is 0 Å². The van der Waals surface area contributed by atoms with Gasteiger partial charge in [-0.25, -0.2) is 17.2 Å². The zero-order valence-corrected chi connectivity index (χ0v) is 20.8. The minimum Gasteiger partial charge on any atom is -0.380 e. The molecule has 0 aromatic heterocycles. The maximum absolute atomic E-state index is 15.5. The Kier molecular flexibility index (Phi) is 6.43. The highest BCUT2D eigenvalue weighted by Crippen LogP contribution is 2.60. The minimum absolute atomic E-state index is 0.0155. The predicted molar refractivity (Wildman–Crippen MR) is 129 cm³/mol. The Labute approximate surface area is 209 Å². The Morgan fingerprint density at radius 1 is 1.17 bits per heavy atom. The number of ether oxygens (including phenoxy) is 2. The molecule has 2 heterocycles. The molecule has 1 spiro atoms. The van der Waals surface area contributed by atoms with Crippen LogP contribution in [0.4, 0.5) is 8.78 Å². The SMILES string of the molecule is C[C@@H]1NC[C@@H](c2ccccc2)S(=O)(=O)C1Cc1cc(F)c(C2(OCC(N)=O)CC3(COC3)C2)cc1F. The van der Waals surface area contributed by atoms with Crippen molar-refractivity contribution >= 4 is 15.7 Å². The maximum atomic E-state index is 15.5. The van der Waals surface area contributed by atoms with Gasteiger partial charge in [-0.1, -0.05) is 30.3 Å². The number of rotatable bonds is 7. The fourth-order valence-corrected chi connectivity index (χ4v) is 8.31. The second-order valence-electron chi connectivity index (χ2n) is 10.4. The highest BCUT2D eigenvalue weighted by molar-refractivity contribution is 7.92. The fraction of sp³-hybridized carbons (Fsp3) is 0.500. The Hall–Kier alpha value is -2.40. The number of amides is 1. The first-order valence-corrected chi connectivity index (χ1v) is 13.7. The largest absolute Gasteiger partial charge is 0.380 e. The zero-order chi connectivity index (χ0) is 25.7. The van der Waals surface area contributed by atoms with Crippen LogP contribution in [0.1, 0.15) is 41.7 Å². The Morgan fingerprint density at radius 2 is 1.86 bits per heavy atom. The third-order valence-electron chi connectivity index (χ3n) is 7.85. The van der Waals surface area contributed by atoms with Crippen LogP contribution < -0.4 is 11.1 Å². The van der Waals surface area contributed by atoms with Crippen molar-refractivity contribution in [3.63, 3.8) is 0 Å². The van der Waals surface area contributed by atoms with E-state index < -0.39 is 56.1 Å². The number of nitrogens with two attached hydrogens (primary N) is 1. The lowest BCUT2D eigenvalue weighted by Crippen LogP contribution is -2.61. The molecule has 2 saturated heterocycles. The average Bonchev–Trinajstić information content (AvgIpc) is 2.77. The number of benzene rings is 2. The van der Waals surface area contributed by atoms with E-state index in [1.807, 2.05) is 6.07 Å². The molecule has 0 radical (unpaired) electrons. The summed E-state index contributed by atoms with van der Waals surface area (Å²) in [5, 5.41) is 1.52. The Balaban J connectivity index is 1.43. The third-order valence-corrected chi connectivity index (χ3v) is 10.5. The standard InChI is InChI=1S/C26H30F2N2O5S/c1-16-22(36(32,33)23(10-30-16)17-5-3-2-4-6-17)8-18-7-21(28)19(9-20(18)27)26(35-11-24(29)31)12-25(13-26)14-34-15-25/h2-7,9,16,22-23,30H,8,10-15H2,1H3,(H2,29,31)/t16-,22?,23-/m0/s1. The van der Waals surface area contributed by atoms with Gasteiger partial charge >= 0.3 is 0 Å². The van der Waals surface area contributed by atoms with Crippen LogP contribution in [0.25, 0.3) is 0 Å². The van der Waals surface area contributed by atoms with Crippen LogP contribution in [-0.4, -0.2) is 52.0 Å². The molecule has 2 aliphatic heterocycles. The van der Waals surface area contributed by atoms with Crippen molar-refractivity contribution in [3.05, 3.63) is 70.8 Å². The van der Waals surface area contributed by atoms with Gasteiger partial charge in [0.05, 0.1) is 29.3 Å². The van der Waals surface area contributed by atoms with Crippen molar-refractivity contribution < 1.29 is 31.5 Å². The summed E-state index contributed by atoms with van der Waals surface area (Å²) in [6.45, 7) is 2.59. The molecule has 7 nitrogen and oxygen atoms in total. The number of carbonyl (C=O) groups excluding carboxylic acids is 1. The van der Waals surface area contributed by atoms with Gasteiger partial charge in [0.25, 0.3) is 0 Å². The van der Waals surface area contributed by atoms with Crippen LogP contribution in [0, 0.1) is 17.0 Å². The van der Waals surface area contributed by atoms with Crippen molar-refractivity contribution in [1.29, 1.82) is 0 Å². The van der Waals surface area contributed by atoms with Gasteiger partial charge in [-0.2, -0.15) is 0 Å². The molecule has 1 saturated carbocycles. The molecular formula is C26H30F2N2O5S. The van der Waals surface area contributed by atoms with Gasteiger partial charge < -0.3 is 20.5 Å². The smallest absolute Gasteiger partial charge is 0.243 e. The molecule has 3 atom stereocenters. The molecule has 10 heteroatoms. The number of nitrogens with one attached hydrogen (secondary N) is 1. The van der Waals surface area contributed by atoms with Crippen molar-refractivity contribution in [3.8, 4) is 0 Å². The molecule has 1 unspecified atom stereocenters. The quantitative estimate of drug-likeness (QED) is 0.581. The van der Waals surface area contributed by atoms with Gasteiger partial charge in [-0.05, 0) is 49.4 Å². The van der Waals surface area contributed by atoms with E-state index in [1.165, 1.54) is 0 Å². The van der Waals surface area contributed by atoms with E-state index in [4.69, 9.17) is 15.2 Å². The monoisotopic (exact) mass is 520 g/mol. The first-order chi connectivity index (χ1) is 17.1. The fourth-order valence-electron chi connectivity index (χ4n) is 5.95. The van der Waals surface area contributed by atoms with Gasteiger partial charge in [0, 0.05) is 23.6 Å². The highest BCUT2D eigenvalue weighted by Gasteiger charge is 2.61. The van der Waals surface area contributed by atoms with Crippen molar-refractivity contribution in [2.45, 2.75) is 48.3 Å². The number of hydrogen-bond donors (Lipinski definition) is 2. The number of sulfone groups is 1. The lowest BCUT2D eigenvalue weighted by molar-refractivity contribution is -0.261. The van der Waals surface area contributed by atoms with Crippen molar-refractivity contribution in [2.75, 3.05) is 26.4 Å². The lowest BCUT2D eigenvalue weighted by Gasteiger charge is -2.59. The third kappa shape index (κ3) is 4.34. The van der Waals surface area contributed by atoms with Crippen molar-refractivity contribution in [2.24, 2.45) is 11.1 Å². The summed E-state index contributed by atoms with van der Waals surface area (Å²) in [6.07, 6.45) is 0.606. The lowest BCUT2D eigenvalue weighted by atomic mass is 9.55. The molecule has 1 amide bonds. The summed E-state index contributed by atoms with van der Waals surface area (Å²) in [6, 6.07) is 10.6. The molecule has 2 aromatic carbocycles. The number of primary amides is 1. The molecule has 3 aliphatic rings. The zero-order valence-electron chi connectivity index (χ0n) is 20.0. The molecule has 194 valence electrons. The van der Waals surface area contributed by atoms with E-state index in [9.17, 15) is 13.2 Å². The van der Waals surface area contributed by atoms with Crippen LogP contribution in [0.3, 0.4) is 0 Å². The first kappa shape index (κ1) is 25.3. The summed E-state index contributed by atoms with van der Waals surface area (Å²) < 4.78 is 69.0. The van der Waals surface area contributed by atoms with E-state index in [-0.39, 0.29) is 29.5 Å². The van der Waals surface area contributed by atoms with E-state index in [0.29, 0.717) is 31.6 Å². The van der Waals surface area contributed by atoms with E-state index in [0.717, 1.165) is 12.1 Å². The normalized spacial score (nSPS) is 27.7. The van der Waals surface area contributed by atoms with Gasteiger partial charge in [0.2, 0.25) is 5.91 Å². The molecule has 1 aliphatic carbocycles. The Morgan fingerprint density at radius 3 is 2.47 bits per heavy atom. The second kappa shape index (κ2) is 9.16. The van der Waals surface area contributed by atoms with Gasteiger partial charge in [-0.3, -0.25) is 4.79 Å². The maximum Gasteiger partial charge on any atom is 0.243 e. The summed E-state index contributed by atoms with van der Waals surface area (Å²) in [7, 11) is -3.70. The van der Waals surface area contributed by atoms with Gasteiger partial charge in [-0.15, -0.1) is 0 Å². The first-order valence-electron chi connectivity index (χ1n) is 12.0. The van der Waals surface area contributed by atoms with Gasteiger partial charge in [0.15, 0.2) is 9.84 Å². The van der Waals surface area contributed by atoms with Crippen LogP contribution in [-0.2, 0) is 36.1 Å². The van der Waals surface area contributed by atoms with Crippen LogP contribution in [0.15, 0.2) is 42.5 Å². The average molecular weight is 521 g/mol. The molecule has 3 N–H and O–H groups in total. The summed E-state index contributed by atoms with van der Waals surface area (Å²) in [5.41, 5.74) is 4.57. The highest BCUT2D eigenvalue weighted by atomic mass is 32.2. The van der Waals surface area contributed by atoms with Crippen molar-refractivity contribution in [1.82, 2.24) is 5.32 Å². The Bertz CT molecular complexity index is 1260. The summed E-state index contributed by atoms with van der Waals surface area (Å²) >= 11 is 0. The minimum atomic E-state index is -3.70. The number of hydrogen-bond acceptors (Lipinski definition) is 6. The number of carbonyl (C=O) groups is 1. The van der Waals surface area contributed by atoms with E-state index in [1.54, 1.807) is 31.2 Å². The van der Waals surface area contributed by atoms with Crippen LogP contribution in [0.5, 0.6) is 0 Å². The molecule has 0 bridgehead atoms. The second-order valence-corrected chi connectivity index (χ2v) is 12.8. The van der Waals surface area contributed by atoms with E-state index >= 15 is 8.78 Å². The summed E-state index contributed by atoms with van der Waals surface area (Å²) in [4.78, 5) is 11.4. The van der Waals surface area contributed by atoms with Crippen LogP contribution in [0.2, 0.25) is 0 Å². The predicted octanol–water partition coefficient (Wildman–Crippen LogP) is 2.53. The summed E-state index contributed by atoms with van der Waals surface area (Å²) in [5.74, 6) is -2.10. The molecular weight excluding hydrogens is 490 g/mol. The number of halogens is 2. The van der Waals surface area contributed by atoms with E-state index in [2.05, 4.69) is 5.32 Å².